The Labute approximate surface area is 161 Å². The van der Waals surface area contributed by atoms with E-state index < -0.39 is 10.0 Å². The number of methoxy groups -OCH3 is 1. The average Bonchev–Trinajstić information content (AvgIpc) is 3.36. The monoisotopic (exact) mass is 387 g/mol. The van der Waals surface area contributed by atoms with Crippen LogP contribution in [-0.4, -0.2) is 45.3 Å². The van der Waals surface area contributed by atoms with Crippen LogP contribution in [0.3, 0.4) is 0 Å². The Morgan fingerprint density at radius 1 is 1.19 bits per heavy atom. The highest BCUT2D eigenvalue weighted by molar-refractivity contribution is 7.89. The maximum Gasteiger partial charge on any atom is 0.214 e. The van der Waals surface area contributed by atoms with Crippen LogP contribution >= 0.6 is 0 Å². The summed E-state index contributed by atoms with van der Waals surface area (Å²) in [6.45, 7) is 1.92. The Morgan fingerprint density at radius 3 is 2.78 bits per heavy atom. The molecule has 6 heteroatoms. The molecule has 0 saturated carbocycles. The van der Waals surface area contributed by atoms with Crippen LogP contribution in [0.4, 0.5) is 0 Å². The van der Waals surface area contributed by atoms with E-state index in [9.17, 15) is 8.42 Å². The second-order valence-electron chi connectivity index (χ2n) is 7.22. The third-order valence-electron chi connectivity index (χ3n) is 5.54. The van der Waals surface area contributed by atoms with Crippen molar-refractivity contribution in [3.05, 3.63) is 59.2 Å². The van der Waals surface area contributed by atoms with Crippen LogP contribution in [0.5, 0.6) is 11.5 Å². The molecule has 0 spiro atoms. The molecule has 1 unspecified atom stereocenters. The number of hydrogen-bond acceptors (Lipinski definition) is 4. The van der Waals surface area contributed by atoms with Gasteiger partial charge in [0.2, 0.25) is 10.0 Å². The molecule has 0 bridgehead atoms. The predicted molar refractivity (Wildman–Crippen MR) is 105 cm³/mol. The Hall–Kier alpha value is -2.05. The van der Waals surface area contributed by atoms with Crippen molar-refractivity contribution in [2.45, 2.75) is 25.2 Å². The van der Waals surface area contributed by atoms with Gasteiger partial charge in [0.25, 0.3) is 0 Å². The van der Waals surface area contributed by atoms with Gasteiger partial charge in [-0.15, -0.1) is 0 Å². The Morgan fingerprint density at radius 2 is 2.00 bits per heavy atom. The second-order valence-corrected chi connectivity index (χ2v) is 9.31. The Kier molecular flexibility index (Phi) is 5.10. The molecular weight excluding hydrogens is 362 g/mol. The summed E-state index contributed by atoms with van der Waals surface area (Å²) in [4.78, 5) is 0. The summed E-state index contributed by atoms with van der Waals surface area (Å²) in [5, 5.41) is 0. The lowest BCUT2D eigenvalue weighted by Gasteiger charge is -2.17. The largest absolute Gasteiger partial charge is 0.497 e. The van der Waals surface area contributed by atoms with Crippen molar-refractivity contribution in [3.63, 3.8) is 0 Å². The first-order valence-electron chi connectivity index (χ1n) is 9.41. The van der Waals surface area contributed by atoms with Crippen molar-refractivity contribution >= 4 is 10.0 Å². The summed E-state index contributed by atoms with van der Waals surface area (Å²) in [6.07, 6.45) is 2.34. The van der Waals surface area contributed by atoms with Crippen molar-refractivity contribution < 1.29 is 17.9 Å². The average molecular weight is 388 g/mol. The van der Waals surface area contributed by atoms with E-state index in [0.717, 1.165) is 36.5 Å². The molecule has 0 amide bonds. The molecule has 2 aliphatic rings. The van der Waals surface area contributed by atoms with E-state index in [-0.39, 0.29) is 11.7 Å². The smallest absolute Gasteiger partial charge is 0.214 e. The first-order valence-corrected chi connectivity index (χ1v) is 11.0. The molecule has 144 valence electrons. The lowest BCUT2D eigenvalue weighted by Crippen LogP contribution is -2.31. The molecule has 2 heterocycles. The van der Waals surface area contributed by atoms with E-state index in [0.29, 0.717) is 19.5 Å². The molecular formula is C21H25NO4S. The van der Waals surface area contributed by atoms with Crippen LogP contribution in [-0.2, 0) is 22.9 Å². The minimum atomic E-state index is -3.25. The first-order chi connectivity index (χ1) is 13.0. The van der Waals surface area contributed by atoms with Crippen molar-refractivity contribution in [3.8, 4) is 11.5 Å². The van der Waals surface area contributed by atoms with Crippen molar-refractivity contribution in [1.82, 2.24) is 4.31 Å². The maximum atomic E-state index is 12.8. The summed E-state index contributed by atoms with van der Waals surface area (Å²) in [5.41, 5.74) is 3.48. The first kappa shape index (κ1) is 18.3. The van der Waals surface area contributed by atoms with Gasteiger partial charge in [0.1, 0.15) is 11.5 Å². The fourth-order valence-corrected chi connectivity index (χ4v) is 5.42. The molecule has 2 aliphatic heterocycles. The van der Waals surface area contributed by atoms with Gasteiger partial charge in [-0.05, 0) is 53.6 Å². The van der Waals surface area contributed by atoms with Crippen LogP contribution in [0.15, 0.2) is 42.5 Å². The van der Waals surface area contributed by atoms with Crippen molar-refractivity contribution in [2.75, 3.05) is 32.6 Å². The topological polar surface area (TPSA) is 55.8 Å². The summed E-state index contributed by atoms with van der Waals surface area (Å²) in [5.74, 6) is 2.17. The predicted octanol–water partition coefficient (Wildman–Crippen LogP) is 2.99. The minimum absolute atomic E-state index is 0.143. The zero-order chi connectivity index (χ0) is 18.9. The molecule has 0 radical (unpaired) electrons. The third kappa shape index (κ3) is 3.96. The number of aryl methyl sites for hydroxylation is 1. The number of rotatable bonds is 6. The summed E-state index contributed by atoms with van der Waals surface area (Å²) in [7, 11) is -1.63. The molecule has 27 heavy (non-hydrogen) atoms. The van der Waals surface area contributed by atoms with E-state index in [1.54, 1.807) is 11.4 Å². The molecule has 0 N–H and O–H groups in total. The van der Waals surface area contributed by atoms with Gasteiger partial charge >= 0.3 is 0 Å². The highest BCUT2D eigenvalue weighted by atomic mass is 32.2. The molecule has 2 aromatic rings. The van der Waals surface area contributed by atoms with E-state index in [1.165, 1.54) is 11.1 Å². The third-order valence-corrected chi connectivity index (χ3v) is 7.38. The molecule has 0 aromatic heterocycles. The quantitative estimate of drug-likeness (QED) is 0.765. The zero-order valence-electron chi connectivity index (χ0n) is 15.6. The highest BCUT2D eigenvalue weighted by Crippen LogP contribution is 2.33. The SMILES string of the molecule is COc1ccc(CCS(=O)(=O)N2CCC(c3ccc4c(c3)CCO4)C2)cc1. The summed E-state index contributed by atoms with van der Waals surface area (Å²) < 4.78 is 37.9. The number of hydrogen-bond donors (Lipinski definition) is 0. The van der Waals surface area contributed by atoms with Gasteiger partial charge < -0.3 is 9.47 Å². The minimum Gasteiger partial charge on any atom is -0.497 e. The standard InChI is InChI=1S/C21H25NO4S/c1-25-20-5-2-16(3-6-20)10-13-27(23,24)22-11-8-19(15-22)17-4-7-21-18(14-17)9-12-26-21/h2-7,14,19H,8-13,15H2,1H3. The van der Waals surface area contributed by atoms with Crippen molar-refractivity contribution in [2.24, 2.45) is 0 Å². The van der Waals surface area contributed by atoms with E-state index in [1.807, 2.05) is 30.3 Å². The molecule has 4 rings (SSSR count). The summed E-state index contributed by atoms with van der Waals surface area (Å²) in [6, 6.07) is 13.9. The fraction of sp³-hybridized carbons (Fsp3) is 0.429. The van der Waals surface area contributed by atoms with E-state index in [4.69, 9.17) is 9.47 Å². The zero-order valence-corrected chi connectivity index (χ0v) is 16.4. The molecule has 1 atom stereocenters. The molecule has 2 aromatic carbocycles. The van der Waals surface area contributed by atoms with E-state index >= 15 is 0 Å². The van der Waals surface area contributed by atoms with Crippen molar-refractivity contribution in [1.29, 1.82) is 0 Å². The molecule has 1 fully saturated rings. The number of sulfonamides is 1. The molecule has 5 nitrogen and oxygen atoms in total. The lowest BCUT2D eigenvalue weighted by atomic mass is 9.96. The van der Waals surface area contributed by atoms with Crippen LogP contribution in [0.25, 0.3) is 0 Å². The second kappa shape index (κ2) is 7.52. The maximum absolute atomic E-state index is 12.8. The fourth-order valence-electron chi connectivity index (χ4n) is 3.88. The molecule has 0 aliphatic carbocycles. The van der Waals surface area contributed by atoms with E-state index in [2.05, 4.69) is 12.1 Å². The van der Waals surface area contributed by atoms with Crippen LogP contribution in [0.2, 0.25) is 0 Å². The van der Waals surface area contributed by atoms with Crippen LogP contribution < -0.4 is 9.47 Å². The number of ether oxygens (including phenoxy) is 2. The highest BCUT2D eigenvalue weighted by Gasteiger charge is 2.32. The Balaban J connectivity index is 1.38. The van der Waals surface area contributed by atoms with Gasteiger partial charge in [-0.25, -0.2) is 12.7 Å². The van der Waals surface area contributed by atoms with Gasteiger partial charge in [0.05, 0.1) is 19.5 Å². The van der Waals surface area contributed by atoms with Crippen LogP contribution in [0, 0.1) is 0 Å². The Bertz CT molecular complexity index is 908. The van der Waals surface area contributed by atoms with Gasteiger partial charge in [-0.2, -0.15) is 0 Å². The van der Waals surface area contributed by atoms with Gasteiger partial charge in [-0.3, -0.25) is 0 Å². The van der Waals surface area contributed by atoms with Crippen LogP contribution in [0.1, 0.15) is 29.0 Å². The lowest BCUT2D eigenvalue weighted by molar-refractivity contribution is 0.357. The van der Waals surface area contributed by atoms with Gasteiger partial charge in [0.15, 0.2) is 0 Å². The van der Waals surface area contributed by atoms with Gasteiger partial charge in [-0.1, -0.05) is 24.3 Å². The number of nitrogens with zero attached hydrogens (tertiary/aromatic N) is 1. The normalized spacial score (nSPS) is 19.7. The number of fused-ring (bicyclic) bond motifs is 1. The van der Waals surface area contributed by atoms with Gasteiger partial charge in [0, 0.05) is 19.5 Å². The number of benzene rings is 2. The summed E-state index contributed by atoms with van der Waals surface area (Å²) >= 11 is 0. The molecule has 1 saturated heterocycles.